The standard InChI is InChI=1S/C21H25N3O2.2C2HF3O2/c1-24-18-12-15(14-8-10-22-11-9-14)4-6-17(18)23-21(24)16-5-7-19(25-2)20(13-16)26-3;2*3-2(4,5)1(6)7/h4-7,12-14,22H,8-11H2,1-3H3;2*(H,6,7). The average molecular weight is 579 g/mol. The second kappa shape index (κ2) is 13.4. The number of carbonyl (C=O) groups is 2. The SMILES string of the molecule is COc1ccc(-c2nc3ccc(C4CCNCC4)cc3n2C)cc1OC.O=C(O)C(F)(F)F.O=C(O)C(F)(F)F. The Hall–Kier alpha value is -4.01. The summed E-state index contributed by atoms with van der Waals surface area (Å²) in [4.78, 5) is 22.6. The number of imidazole rings is 1. The van der Waals surface area contributed by atoms with Gasteiger partial charge in [-0.25, -0.2) is 14.6 Å². The van der Waals surface area contributed by atoms with Crippen molar-refractivity contribution < 1.29 is 55.6 Å². The molecule has 0 spiro atoms. The third-order valence-corrected chi connectivity index (χ3v) is 5.84. The van der Waals surface area contributed by atoms with Crippen molar-refractivity contribution in [3.8, 4) is 22.9 Å². The molecule has 3 N–H and O–H groups in total. The molecule has 2 heterocycles. The van der Waals surface area contributed by atoms with Crippen molar-refractivity contribution in [1.82, 2.24) is 14.9 Å². The van der Waals surface area contributed by atoms with Crippen LogP contribution in [0.5, 0.6) is 11.5 Å². The molecule has 1 saturated heterocycles. The Labute approximate surface area is 224 Å². The van der Waals surface area contributed by atoms with Crippen molar-refractivity contribution >= 4 is 23.0 Å². The van der Waals surface area contributed by atoms with Gasteiger partial charge in [-0.05, 0) is 67.7 Å². The van der Waals surface area contributed by atoms with Gasteiger partial charge >= 0.3 is 24.3 Å². The van der Waals surface area contributed by atoms with E-state index in [0.29, 0.717) is 11.7 Å². The number of rotatable bonds is 4. The second-order valence-electron chi connectivity index (χ2n) is 8.44. The maximum Gasteiger partial charge on any atom is 0.490 e. The predicted molar refractivity (Wildman–Crippen MR) is 131 cm³/mol. The molecular weight excluding hydrogens is 552 g/mol. The van der Waals surface area contributed by atoms with E-state index < -0.39 is 24.3 Å². The molecule has 3 aromatic rings. The van der Waals surface area contributed by atoms with E-state index in [2.05, 4.69) is 35.1 Å². The highest BCUT2D eigenvalue weighted by atomic mass is 19.4. The number of carboxylic acid groups (broad SMARTS) is 2. The van der Waals surface area contributed by atoms with E-state index in [9.17, 15) is 26.3 Å². The van der Waals surface area contributed by atoms with E-state index in [0.717, 1.165) is 35.7 Å². The molecule has 9 nitrogen and oxygen atoms in total. The number of aromatic nitrogens is 2. The zero-order valence-electron chi connectivity index (χ0n) is 21.6. The van der Waals surface area contributed by atoms with Gasteiger partial charge in [0, 0.05) is 12.6 Å². The first-order valence-electron chi connectivity index (χ1n) is 11.6. The van der Waals surface area contributed by atoms with Crippen LogP contribution in [0.15, 0.2) is 36.4 Å². The number of piperidine rings is 1. The van der Waals surface area contributed by atoms with Crippen molar-refractivity contribution in [3.63, 3.8) is 0 Å². The molecule has 1 aliphatic heterocycles. The molecule has 0 radical (unpaired) electrons. The van der Waals surface area contributed by atoms with E-state index in [1.807, 2.05) is 18.2 Å². The first-order chi connectivity index (χ1) is 18.6. The number of alkyl halides is 6. The van der Waals surface area contributed by atoms with Crippen LogP contribution in [0.25, 0.3) is 22.4 Å². The summed E-state index contributed by atoms with van der Waals surface area (Å²) in [6.07, 6.45) is -7.77. The van der Waals surface area contributed by atoms with Crippen LogP contribution in [0, 0.1) is 0 Å². The molecule has 0 atom stereocenters. The van der Waals surface area contributed by atoms with Crippen molar-refractivity contribution in [1.29, 1.82) is 0 Å². The van der Waals surface area contributed by atoms with Gasteiger partial charge in [-0.15, -0.1) is 0 Å². The van der Waals surface area contributed by atoms with Crippen LogP contribution in [-0.2, 0) is 16.6 Å². The molecule has 1 fully saturated rings. The number of hydrogen-bond acceptors (Lipinski definition) is 6. The largest absolute Gasteiger partial charge is 0.493 e. The van der Waals surface area contributed by atoms with E-state index in [-0.39, 0.29) is 0 Å². The predicted octanol–water partition coefficient (Wildman–Crippen LogP) is 4.99. The van der Waals surface area contributed by atoms with E-state index in [1.54, 1.807) is 14.2 Å². The third kappa shape index (κ3) is 8.49. The van der Waals surface area contributed by atoms with E-state index in [4.69, 9.17) is 34.3 Å². The van der Waals surface area contributed by atoms with Crippen LogP contribution < -0.4 is 14.8 Å². The summed E-state index contributed by atoms with van der Waals surface area (Å²) in [6.45, 7) is 2.20. The average Bonchev–Trinajstić information content (AvgIpc) is 3.24. The van der Waals surface area contributed by atoms with Crippen LogP contribution >= 0.6 is 0 Å². The van der Waals surface area contributed by atoms with Gasteiger partial charge in [0.25, 0.3) is 0 Å². The van der Waals surface area contributed by atoms with Crippen molar-refractivity contribution in [2.45, 2.75) is 31.1 Å². The zero-order chi connectivity index (χ0) is 30.3. The van der Waals surface area contributed by atoms with Gasteiger partial charge in [0.2, 0.25) is 0 Å². The Balaban J connectivity index is 0.000000333. The van der Waals surface area contributed by atoms with Crippen molar-refractivity contribution in [3.05, 3.63) is 42.0 Å². The minimum absolute atomic E-state index is 0.639. The fourth-order valence-corrected chi connectivity index (χ4v) is 3.85. The van der Waals surface area contributed by atoms with Crippen LogP contribution in [0.4, 0.5) is 26.3 Å². The monoisotopic (exact) mass is 579 g/mol. The second-order valence-corrected chi connectivity index (χ2v) is 8.44. The highest BCUT2D eigenvalue weighted by molar-refractivity contribution is 5.82. The van der Waals surface area contributed by atoms with Crippen LogP contribution in [-0.4, -0.2) is 71.4 Å². The number of carboxylic acids is 2. The van der Waals surface area contributed by atoms with E-state index >= 15 is 0 Å². The Morgan fingerprint density at radius 1 is 0.900 bits per heavy atom. The Morgan fingerprint density at radius 3 is 1.90 bits per heavy atom. The molecule has 2 aromatic carbocycles. The normalized spacial score (nSPS) is 13.9. The number of halogens is 6. The first kappa shape index (κ1) is 32.2. The fraction of sp³-hybridized carbons (Fsp3) is 0.400. The molecule has 0 aliphatic carbocycles. The first-order valence-corrected chi connectivity index (χ1v) is 11.6. The quantitative estimate of drug-likeness (QED) is 0.370. The Morgan fingerprint density at radius 2 is 1.43 bits per heavy atom. The molecule has 15 heteroatoms. The van der Waals surface area contributed by atoms with Crippen molar-refractivity contribution in [2.24, 2.45) is 7.05 Å². The molecule has 0 bridgehead atoms. The van der Waals surface area contributed by atoms with Gasteiger partial charge in [0.05, 0.1) is 25.3 Å². The summed E-state index contributed by atoms with van der Waals surface area (Å²) in [5.41, 5.74) is 4.63. The summed E-state index contributed by atoms with van der Waals surface area (Å²) in [6, 6.07) is 12.6. The number of methoxy groups -OCH3 is 2. The van der Waals surface area contributed by atoms with Crippen LogP contribution in [0.3, 0.4) is 0 Å². The van der Waals surface area contributed by atoms with Gasteiger partial charge in [-0.3, -0.25) is 0 Å². The van der Waals surface area contributed by atoms with Crippen molar-refractivity contribution in [2.75, 3.05) is 27.3 Å². The number of benzene rings is 2. The molecule has 40 heavy (non-hydrogen) atoms. The lowest BCUT2D eigenvalue weighted by Crippen LogP contribution is -2.26. The highest BCUT2D eigenvalue weighted by Crippen LogP contribution is 2.34. The molecule has 1 aliphatic rings. The summed E-state index contributed by atoms with van der Waals surface area (Å²) in [7, 11) is 5.38. The highest BCUT2D eigenvalue weighted by Gasteiger charge is 2.38. The lowest BCUT2D eigenvalue weighted by Gasteiger charge is -2.23. The van der Waals surface area contributed by atoms with Crippen LogP contribution in [0.1, 0.15) is 24.3 Å². The summed E-state index contributed by atoms with van der Waals surface area (Å²) >= 11 is 0. The number of fused-ring (bicyclic) bond motifs is 1. The minimum atomic E-state index is -5.08. The Bertz CT molecular complexity index is 1290. The zero-order valence-corrected chi connectivity index (χ0v) is 21.6. The van der Waals surface area contributed by atoms with Gasteiger partial charge in [-0.2, -0.15) is 26.3 Å². The lowest BCUT2D eigenvalue weighted by atomic mass is 9.90. The lowest BCUT2D eigenvalue weighted by molar-refractivity contribution is -0.193. The molecule has 0 unspecified atom stereocenters. The number of nitrogens with one attached hydrogen (secondary N) is 1. The Kier molecular flexibility index (Phi) is 10.8. The smallest absolute Gasteiger partial charge is 0.490 e. The topological polar surface area (TPSA) is 123 Å². The van der Waals surface area contributed by atoms with Crippen LogP contribution in [0.2, 0.25) is 0 Å². The van der Waals surface area contributed by atoms with Gasteiger partial charge in [0.1, 0.15) is 5.82 Å². The molecular formula is C25H27F6N3O6. The van der Waals surface area contributed by atoms with E-state index in [1.165, 1.54) is 23.9 Å². The molecule has 1 aromatic heterocycles. The van der Waals surface area contributed by atoms with Gasteiger partial charge in [0.15, 0.2) is 11.5 Å². The summed E-state index contributed by atoms with van der Waals surface area (Å²) < 4.78 is 76.4. The number of nitrogens with zero attached hydrogens (tertiary/aromatic N) is 2. The number of ether oxygens (including phenoxy) is 2. The molecule has 4 rings (SSSR count). The maximum atomic E-state index is 10.6. The maximum absolute atomic E-state index is 10.6. The van der Waals surface area contributed by atoms with Gasteiger partial charge < -0.3 is 29.6 Å². The number of aliphatic carboxylic acids is 2. The fourth-order valence-electron chi connectivity index (χ4n) is 3.85. The summed E-state index contributed by atoms with van der Waals surface area (Å²) in [5.74, 6) is -2.50. The molecule has 220 valence electrons. The minimum Gasteiger partial charge on any atom is -0.493 e. The molecule has 0 saturated carbocycles. The third-order valence-electron chi connectivity index (χ3n) is 5.84. The molecule has 0 amide bonds. The van der Waals surface area contributed by atoms with Gasteiger partial charge in [-0.1, -0.05) is 6.07 Å². The number of hydrogen-bond donors (Lipinski definition) is 3. The summed E-state index contributed by atoms with van der Waals surface area (Å²) in [5, 5.41) is 17.7. The number of aryl methyl sites for hydroxylation is 1.